The van der Waals surface area contributed by atoms with Crippen LogP contribution in [0.3, 0.4) is 0 Å². The van der Waals surface area contributed by atoms with Crippen molar-refractivity contribution in [3.05, 3.63) is 0 Å². The molecule has 2 nitrogen and oxygen atoms in total. The molecule has 0 aromatic carbocycles. The van der Waals surface area contributed by atoms with Crippen molar-refractivity contribution in [3.8, 4) is 0 Å². The molecule has 1 unspecified atom stereocenters. The molecule has 2 heteroatoms. The summed E-state index contributed by atoms with van der Waals surface area (Å²) in [5, 5.41) is 8.55. The van der Waals surface area contributed by atoms with Gasteiger partial charge in [0.15, 0.2) is 0 Å². The normalized spacial score (nSPS) is 29.2. The molecule has 0 fully saturated rings. The second-order valence-electron chi connectivity index (χ2n) is 1.31. The minimum atomic E-state index is -3.38. The van der Waals surface area contributed by atoms with Crippen LogP contribution in [0.4, 0.5) is 0 Å². The molecule has 1 N–H and O–H groups in total. The van der Waals surface area contributed by atoms with Gasteiger partial charge in [0.1, 0.15) is 0 Å². The predicted molar refractivity (Wildman–Crippen MR) is 36.4 cm³/mol. The highest BCUT2D eigenvalue weighted by atomic mass is 16.4. The Morgan fingerprint density at radius 1 is 1.67 bits per heavy atom. The lowest BCUT2D eigenvalue weighted by Gasteiger charge is -1.92. The second-order valence-corrected chi connectivity index (χ2v) is 1.31. The van der Waals surface area contributed by atoms with Gasteiger partial charge in [0.2, 0.25) is 0 Å². The molecule has 0 aromatic rings. The summed E-state index contributed by atoms with van der Waals surface area (Å²) in [6.07, 6.45) is -11.1. The molecular formula is C7H14O2. The van der Waals surface area contributed by atoms with E-state index in [0.29, 0.717) is 0 Å². The molecule has 0 spiro atoms. The van der Waals surface area contributed by atoms with Gasteiger partial charge in [0, 0.05) is 16.0 Å². The Bertz CT molecular complexity index is 276. The van der Waals surface area contributed by atoms with Gasteiger partial charge in [0.25, 0.3) is 0 Å². The fraction of sp³-hybridized carbons (Fsp3) is 0.857. The van der Waals surface area contributed by atoms with Crippen LogP contribution in [0.15, 0.2) is 0 Å². The Labute approximate surface area is 65.7 Å². The summed E-state index contributed by atoms with van der Waals surface area (Å²) >= 11 is 0. The molecule has 0 heterocycles. The average Bonchev–Trinajstić information content (AvgIpc) is 2.15. The van der Waals surface area contributed by atoms with Crippen LogP contribution in [-0.2, 0) is 4.79 Å². The van der Waals surface area contributed by atoms with Gasteiger partial charge in [0.05, 0.1) is 0 Å². The van der Waals surface area contributed by atoms with Gasteiger partial charge in [-0.25, -0.2) is 0 Å². The maximum atomic E-state index is 10.6. The highest BCUT2D eigenvalue weighted by Crippen LogP contribution is 2.01. The van der Waals surface area contributed by atoms with Gasteiger partial charge >= 0.3 is 5.97 Å². The van der Waals surface area contributed by atoms with Gasteiger partial charge in [-0.3, -0.25) is 4.79 Å². The van der Waals surface area contributed by atoms with Crippen molar-refractivity contribution in [2.24, 2.45) is 0 Å². The number of carboxylic acids is 1. The van der Waals surface area contributed by atoms with Gasteiger partial charge in [-0.15, -0.1) is 0 Å². The van der Waals surface area contributed by atoms with Crippen molar-refractivity contribution in [2.45, 2.75) is 38.9 Å². The third-order valence-electron chi connectivity index (χ3n) is 0.548. The highest BCUT2D eigenvalue weighted by molar-refractivity contribution is 5.66. The zero-order valence-corrected chi connectivity index (χ0v) is 5.14. The Morgan fingerprint density at radius 3 is 2.78 bits per heavy atom. The molecule has 0 aliphatic rings. The second kappa shape index (κ2) is 5.60. The van der Waals surface area contributed by atoms with Crippen LogP contribution in [0.1, 0.15) is 48.5 Å². The maximum absolute atomic E-state index is 10.6. The topological polar surface area (TPSA) is 37.3 Å². The summed E-state index contributed by atoms with van der Waals surface area (Å²) in [6, 6.07) is 0. The first kappa shape index (κ1) is 2.26. The lowest BCUT2D eigenvalue weighted by atomic mass is 10.2. The number of hydrogen-bond donors (Lipinski definition) is 1. The van der Waals surface area contributed by atoms with Crippen molar-refractivity contribution < 1.29 is 19.5 Å². The molecule has 9 heavy (non-hydrogen) atoms. The third kappa shape index (κ3) is 7.47. The number of aliphatic carboxylic acids is 1. The van der Waals surface area contributed by atoms with Crippen molar-refractivity contribution in [2.75, 3.05) is 0 Å². The molecule has 0 saturated heterocycles. The lowest BCUT2D eigenvalue weighted by molar-refractivity contribution is -0.137. The number of hydrogen-bond acceptors (Lipinski definition) is 1. The Morgan fingerprint density at radius 2 is 2.33 bits per heavy atom. The monoisotopic (exact) mass is 137 g/mol. The average molecular weight is 137 g/mol. The standard InChI is InChI=1S/C7H14O2/c1-2-3-4-5-6-7(8)9/h2-6H2,1H3,(H,8,9)/i3D,4D2,5D2,6D2. The quantitative estimate of drug-likeness (QED) is 0.629. The molecular weight excluding hydrogens is 116 g/mol. The molecule has 0 aliphatic carbocycles. The maximum Gasteiger partial charge on any atom is 0.303 e. The minimum Gasteiger partial charge on any atom is -0.481 e. The summed E-state index contributed by atoms with van der Waals surface area (Å²) in [5.41, 5.74) is 0. The predicted octanol–water partition coefficient (Wildman–Crippen LogP) is 2.04. The van der Waals surface area contributed by atoms with Crippen LogP contribution in [0.25, 0.3) is 0 Å². The zero-order valence-electron chi connectivity index (χ0n) is 12.1. The molecule has 0 aliphatic heterocycles. The van der Waals surface area contributed by atoms with Gasteiger partial charge < -0.3 is 5.11 Å². The van der Waals surface area contributed by atoms with E-state index in [1.807, 2.05) is 0 Å². The first-order valence-electron chi connectivity index (χ1n) is 6.16. The number of carboxylic acid groups (broad SMARTS) is 1. The highest BCUT2D eigenvalue weighted by Gasteiger charge is 1.93. The van der Waals surface area contributed by atoms with E-state index in [-0.39, 0.29) is 6.42 Å². The van der Waals surface area contributed by atoms with Gasteiger partial charge in [-0.2, -0.15) is 0 Å². The number of rotatable bonds is 5. The Balaban J connectivity index is 5.42. The van der Waals surface area contributed by atoms with Crippen LogP contribution < -0.4 is 0 Å². The van der Waals surface area contributed by atoms with E-state index in [9.17, 15) is 4.79 Å². The Kier molecular flexibility index (Phi) is 1.41. The fourth-order valence-corrected chi connectivity index (χ4v) is 0.243. The summed E-state index contributed by atoms with van der Waals surface area (Å²) in [7, 11) is 0. The number of carbonyl (C=O) groups is 1. The largest absolute Gasteiger partial charge is 0.481 e. The minimum absolute atomic E-state index is 0.0395. The van der Waals surface area contributed by atoms with Crippen molar-refractivity contribution >= 4 is 5.97 Å². The van der Waals surface area contributed by atoms with Crippen molar-refractivity contribution in [1.29, 1.82) is 0 Å². The van der Waals surface area contributed by atoms with E-state index < -0.39 is 31.5 Å². The van der Waals surface area contributed by atoms with Crippen LogP contribution >= 0.6 is 0 Å². The van der Waals surface area contributed by atoms with Crippen LogP contribution in [0.5, 0.6) is 0 Å². The van der Waals surface area contributed by atoms with E-state index in [4.69, 9.17) is 14.7 Å². The van der Waals surface area contributed by atoms with E-state index in [1.54, 1.807) is 0 Å². The molecule has 0 rings (SSSR count). The SMILES string of the molecule is [2H]C(CC)C([2H])([2H])C([2H])([2H])C([2H])([2H])C(=O)O. The van der Waals surface area contributed by atoms with Crippen molar-refractivity contribution in [3.63, 3.8) is 0 Å². The van der Waals surface area contributed by atoms with Crippen LogP contribution in [0.2, 0.25) is 0 Å². The van der Waals surface area contributed by atoms with E-state index in [0.717, 1.165) is 0 Å². The molecule has 0 amide bonds. The smallest absolute Gasteiger partial charge is 0.303 e. The molecule has 54 valence electrons. The lowest BCUT2D eigenvalue weighted by Crippen LogP contribution is -1.92. The molecule has 0 aromatic heterocycles. The summed E-state index contributed by atoms with van der Waals surface area (Å²) < 4.78 is 50.9. The zero-order chi connectivity index (χ0) is 13.4. The van der Waals surface area contributed by atoms with E-state index in [2.05, 4.69) is 0 Å². The van der Waals surface area contributed by atoms with Gasteiger partial charge in [-0.05, 0) is 6.37 Å². The summed E-state index contributed by atoms with van der Waals surface area (Å²) in [4.78, 5) is 10.6. The van der Waals surface area contributed by atoms with Crippen molar-refractivity contribution in [1.82, 2.24) is 0 Å². The van der Waals surface area contributed by atoms with Gasteiger partial charge in [-0.1, -0.05) is 26.1 Å². The van der Waals surface area contributed by atoms with Crippen LogP contribution in [-0.4, -0.2) is 11.1 Å². The first-order valence-corrected chi connectivity index (χ1v) is 2.58. The molecule has 0 saturated carbocycles. The Hall–Kier alpha value is -0.530. The molecule has 0 radical (unpaired) electrons. The summed E-state index contributed by atoms with van der Waals surface area (Å²) in [6.45, 7) is 1.45. The van der Waals surface area contributed by atoms with E-state index in [1.165, 1.54) is 6.92 Å². The summed E-state index contributed by atoms with van der Waals surface area (Å²) in [5.74, 6) is -2.08. The first-order chi connectivity index (χ1) is 6.92. The third-order valence-corrected chi connectivity index (χ3v) is 0.548. The fourth-order valence-electron chi connectivity index (χ4n) is 0.243. The van der Waals surface area contributed by atoms with Crippen LogP contribution in [0, 0.1) is 0 Å². The molecule has 1 atom stereocenters. The molecule has 0 bridgehead atoms. The van der Waals surface area contributed by atoms with E-state index >= 15 is 0 Å².